The minimum absolute atomic E-state index is 0.120. The van der Waals surface area contributed by atoms with Crippen LogP contribution < -0.4 is 20.7 Å². The number of ether oxygens (including phenoxy) is 1. The van der Waals surface area contributed by atoms with E-state index in [1.165, 1.54) is 6.42 Å². The first-order valence-corrected chi connectivity index (χ1v) is 12.1. The fraction of sp³-hybridized carbons (Fsp3) is 0.400. The largest absolute Gasteiger partial charge is 0.493 e. The number of halogens is 1. The van der Waals surface area contributed by atoms with Gasteiger partial charge in [0, 0.05) is 17.3 Å². The summed E-state index contributed by atoms with van der Waals surface area (Å²) in [4.78, 5) is 25.3. The van der Waals surface area contributed by atoms with Crippen LogP contribution in [0.25, 0.3) is 0 Å². The van der Waals surface area contributed by atoms with Crippen LogP contribution in [-0.2, 0) is 0 Å². The van der Waals surface area contributed by atoms with E-state index in [1.807, 2.05) is 6.07 Å². The summed E-state index contributed by atoms with van der Waals surface area (Å²) >= 11 is 11.6. The number of rotatable bonds is 7. The molecule has 1 saturated carbocycles. The van der Waals surface area contributed by atoms with E-state index in [9.17, 15) is 9.59 Å². The van der Waals surface area contributed by atoms with Gasteiger partial charge in [-0.15, -0.1) is 0 Å². The predicted molar refractivity (Wildman–Crippen MR) is 136 cm³/mol. The Hall–Kier alpha value is -2.64. The third-order valence-corrected chi connectivity index (χ3v) is 5.85. The van der Waals surface area contributed by atoms with Gasteiger partial charge in [0.2, 0.25) is 0 Å². The van der Waals surface area contributed by atoms with E-state index in [-0.39, 0.29) is 23.0 Å². The van der Waals surface area contributed by atoms with Crippen LogP contribution in [0.2, 0.25) is 5.02 Å². The molecule has 0 aromatic heterocycles. The zero-order valence-corrected chi connectivity index (χ0v) is 20.5. The van der Waals surface area contributed by atoms with E-state index in [2.05, 4.69) is 29.8 Å². The number of nitrogens with one attached hydrogen (secondary N) is 3. The van der Waals surface area contributed by atoms with Gasteiger partial charge in [-0.2, -0.15) is 0 Å². The summed E-state index contributed by atoms with van der Waals surface area (Å²) < 4.78 is 5.68. The Balaban J connectivity index is 1.59. The van der Waals surface area contributed by atoms with Gasteiger partial charge < -0.3 is 15.4 Å². The molecule has 6 nitrogen and oxygen atoms in total. The van der Waals surface area contributed by atoms with Gasteiger partial charge in [-0.25, -0.2) is 0 Å². The third-order valence-electron chi connectivity index (χ3n) is 5.32. The Bertz CT molecular complexity index is 1010. The summed E-state index contributed by atoms with van der Waals surface area (Å²) in [5, 5.41) is 9.16. The topological polar surface area (TPSA) is 79.5 Å². The predicted octanol–water partition coefficient (Wildman–Crippen LogP) is 5.56. The molecule has 3 N–H and O–H groups in total. The minimum atomic E-state index is -0.355. The number of carbonyl (C=O) groups is 2. The van der Waals surface area contributed by atoms with Crippen molar-refractivity contribution in [3.8, 4) is 5.75 Å². The van der Waals surface area contributed by atoms with Crippen molar-refractivity contribution < 1.29 is 14.3 Å². The molecule has 2 aromatic rings. The van der Waals surface area contributed by atoms with Gasteiger partial charge in [-0.1, -0.05) is 50.8 Å². The van der Waals surface area contributed by atoms with Gasteiger partial charge in [0.15, 0.2) is 5.11 Å². The second kappa shape index (κ2) is 12.0. The Kier molecular flexibility index (Phi) is 9.09. The standard InChI is InChI=1S/C25H30ClN3O3S/c1-16(2)15-32-20-10-6-7-17(13-20)23(30)29-25(33)28-19-11-12-22(26)21(14-19)24(31)27-18-8-4-3-5-9-18/h6-7,10-14,16,18H,3-5,8-9,15H2,1-2H3,(H,27,31)(H2,28,29,30,33). The van der Waals surface area contributed by atoms with Gasteiger partial charge in [0.05, 0.1) is 17.2 Å². The third kappa shape index (κ3) is 7.72. The first-order chi connectivity index (χ1) is 15.8. The average Bonchev–Trinajstić information content (AvgIpc) is 2.79. The quantitative estimate of drug-likeness (QED) is 0.445. The highest BCUT2D eigenvalue weighted by Gasteiger charge is 2.19. The van der Waals surface area contributed by atoms with E-state index in [4.69, 9.17) is 28.6 Å². The summed E-state index contributed by atoms with van der Waals surface area (Å²) in [6.45, 7) is 4.68. The minimum Gasteiger partial charge on any atom is -0.493 e. The Morgan fingerprint density at radius 2 is 1.85 bits per heavy atom. The van der Waals surface area contributed by atoms with E-state index in [0.717, 1.165) is 25.7 Å². The summed E-state index contributed by atoms with van der Waals surface area (Å²) in [6, 6.07) is 12.1. The van der Waals surface area contributed by atoms with Crippen LogP contribution >= 0.6 is 23.8 Å². The molecule has 0 bridgehead atoms. The zero-order chi connectivity index (χ0) is 23.8. The Labute approximate surface area is 205 Å². The number of anilines is 1. The van der Waals surface area contributed by atoms with Crippen LogP contribution in [-0.4, -0.2) is 29.6 Å². The zero-order valence-electron chi connectivity index (χ0n) is 18.9. The Morgan fingerprint density at radius 1 is 1.09 bits per heavy atom. The lowest BCUT2D eigenvalue weighted by Gasteiger charge is -2.23. The molecule has 0 heterocycles. The van der Waals surface area contributed by atoms with Crippen molar-refractivity contribution in [2.75, 3.05) is 11.9 Å². The number of hydrogen-bond donors (Lipinski definition) is 3. The van der Waals surface area contributed by atoms with Crippen LogP contribution in [0.15, 0.2) is 42.5 Å². The molecule has 0 aliphatic heterocycles. The molecule has 0 atom stereocenters. The summed E-state index contributed by atoms with van der Waals surface area (Å²) in [5.41, 5.74) is 1.37. The van der Waals surface area contributed by atoms with Gasteiger partial charge >= 0.3 is 0 Å². The SMILES string of the molecule is CC(C)COc1cccc(C(=O)NC(=S)Nc2ccc(Cl)c(C(=O)NC3CCCCC3)c2)c1. The lowest BCUT2D eigenvalue weighted by Crippen LogP contribution is -2.36. The molecule has 2 amide bonds. The second-order valence-electron chi connectivity index (χ2n) is 8.64. The maximum Gasteiger partial charge on any atom is 0.257 e. The molecule has 0 radical (unpaired) electrons. The molecule has 0 saturated heterocycles. The number of carbonyl (C=O) groups excluding carboxylic acids is 2. The average molecular weight is 488 g/mol. The fourth-order valence-corrected chi connectivity index (χ4v) is 4.03. The lowest BCUT2D eigenvalue weighted by atomic mass is 9.95. The van der Waals surface area contributed by atoms with Crippen molar-refractivity contribution in [1.29, 1.82) is 0 Å². The van der Waals surface area contributed by atoms with Crippen molar-refractivity contribution in [1.82, 2.24) is 10.6 Å². The summed E-state index contributed by atoms with van der Waals surface area (Å²) in [7, 11) is 0. The smallest absolute Gasteiger partial charge is 0.257 e. The molecule has 8 heteroatoms. The molecular weight excluding hydrogens is 458 g/mol. The van der Waals surface area contributed by atoms with Crippen molar-refractivity contribution in [3.63, 3.8) is 0 Å². The van der Waals surface area contributed by atoms with Gasteiger partial charge in [0.1, 0.15) is 5.75 Å². The van der Waals surface area contributed by atoms with Crippen LogP contribution in [0.4, 0.5) is 5.69 Å². The van der Waals surface area contributed by atoms with E-state index < -0.39 is 0 Å². The van der Waals surface area contributed by atoms with Gasteiger partial charge in [-0.05, 0) is 67.4 Å². The monoisotopic (exact) mass is 487 g/mol. The molecule has 1 aliphatic carbocycles. The van der Waals surface area contributed by atoms with Crippen molar-refractivity contribution in [2.45, 2.75) is 52.0 Å². The van der Waals surface area contributed by atoms with E-state index in [1.54, 1.807) is 36.4 Å². The molecule has 33 heavy (non-hydrogen) atoms. The van der Waals surface area contributed by atoms with Crippen LogP contribution in [0.3, 0.4) is 0 Å². The summed E-state index contributed by atoms with van der Waals surface area (Å²) in [6.07, 6.45) is 5.44. The molecule has 0 unspecified atom stereocenters. The highest BCUT2D eigenvalue weighted by molar-refractivity contribution is 7.80. The van der Waals surface area contributed by atoms with Crippen LogP contribution in [0.1, 0.15) is 66.7 Å². The molecule has 3 rings (SSSR count). The van der Waals surface area contributed by atoms with Gasteiger partial charge in [0.25, 0.3) is 11.8 Å². The highest BCUT2D eigenvalue weighted by atomic mass is 35.5. The van der Waals surface area contributed by atoms with E-state index in [0.29, 0.717) is 40.1 Å². The molecule has 0 spiro atoms. The van der Waals surface area contributed by atoms with Crippen molar-refractivity contribution >= 4 is 46.4 Å². The highest BCUT2D eigenvalue weighted by Crippen LogP contribution is 2.23. The van der Waals surface area contributed by atoms with E-state index >= 15 is 0 Å². The number of benzene rings is 2. The van der Waals surface area contributed by atoms with Crippen molar-refractivity contribution in [2.24, 2.45) is 5.92 Å². The molecular formula is C25H30ClN3O3S. The normalized spacial score (nSPS) is 13.9. The second-order valence-corrected chi connectivity index (χ2v) is 9.46. The first kappa shape index (κ1) is 25.0. The molecule has 1 aliphatic rings. The molecule has 2 aromatic carbocycles. The van der Waals surface area contributed by atoms with Crippen LogP contribution in [0, 0.1) is 5.92 Å². The number of thiocarbonyl (C=S) groups is 1. The Morgan fingerprint density at radius 3 is 2.58 bits per heavy atom. The molecule has 1 fully saturated rings. The van der Waals surface area contributed by atoms with Crippen molar-refractivity contribution in [3.05, 3.63) is 58.6 Å². The fourth-order valence-electron chi connectivity index (χ4n) is 3.61. The maximum atomic E-state index is 12.7. The first-order valence-electron chi connectivity index (χ1n) is 11.3. The molecule has 176 valence electrons. The lowest BCUT2D eigenvalue weighted by molar-refractivity contribution is 0.0926. The maximum absolute atomic E-state index is 12.7. The number of hydrogen-bond acceptors (Lipinski definition) is 4. The number of amides is 2. The summed E-state index contributed by atoms with van der Waals surface area (Å²) in [5.74, 6) is 0.449. The van der Waals surface area contributed by atoms with Crippen LogP contribution in [0.5, 0.6) is 5.75 Å². The van der Waals surface area contributed by atoms with Gasteiger partial charge in [-0.3, -0.25) is 14.9 Å².